The molecule has 0 amide bonds. The van der Waals surface area contributed by atoms with E-state index in [4.69, 9.17) is 9.97 Å². The van der Waals surface area contributed by atoms with Crippen LogP contribution in [0, 0.1) is 0 Å². The maximum Gasteiger partial charge on any atom is 0.235 e. The van der Waals surface area contributed by atoms with Gasteiger partial charge in [-0.15, -0.1) is 11.3 Å². The summed E-state index contributed by atoms with van der Waals surface area (Å²) in [5.74, 6) is 0.662. The van der Waals surface area contributed by atoms with Crippen molar-refractivity contribution in [3.63, 3.8) is 0 Å². The molecule has 0 saturated heterocycles. The smallest absolute Gasteiger partial charge is 0.235 e. The number of H-pyrrole nitrogens is 1. The second-order valence-corrected chi connectivity index (χ2v) is 15.3. The molecule has 0 aliphatic heterocycles. The summed E-state index contributed by atoms with van der Waals surface area (Å²) in [6.07, 6.45) is 0. The van der Waals surface area contributed by atoms with Crippen molar-refractivity contribution in [1.82, 2.24) is 19.5 Å². The van der Waals surface area contributed by atoms with E-state index in [2.05, 4.69) is 185 Å². The zero-order valence-corrected chi connectivity index (χ0v) is 30.3. The predicted molar refractivity (Wildman–Crippen MR) is 232 cm³/mol. The molecule has 55 heavy (non-hydrogen) atoms. The lowest BCUT2D eigenvalue weighted by atomic mass is 9.95. The van der Waals surface area contributed by atoms with Crippen LogP contribution in [0.2, 0.25) is 0 Å². The van der Waals surface area contributed by atoms with Crippen LogP contribution in [-0.2, 0) is 0 Å². The van der Waals surface area contributed by atoms with Crippen LogP contribution in [0.4, 0.5) is 0 Å². The van der Waals surface area contributed by atoms with E-state index >= 15 is 0 Å². The number of thiophene rings is 1. The zero-order valence-electron chi connectivity index (χ0n) is 29.5. The van der Waals surface area contributed by atoms with Crippen LogP contribution in [0.15, 0.2) is 176 Å². The number of aromatic nitrogens is 4. The van der Waals surface area contributed by atoms with E-state index in [0.717, 1.165) is 43.5 Å². The second kappa shape index (κ2) is 11.7. The Morgan fingerprint density at radius 3 is 2.00 bits per heavy atom. The second-order valence-electron chi connectivity index (χ2n) is 14.3. The monoisotopic (exact) mass is 718 g/mol. The highest BCUT2D eigenvalue weighted by Gasteiger charge is 2.22. The van der Waals surface area contributed by atoms with Gasteiger partial charge < -0.3 is 4.98 Å². The molecule has 5 heteroatoms. The number of nitrogens with one attached hydrogen (secondary N) is 1. The van der Waals surface area contributed by atoms with Crippen molar-refractivity contribution >= 4 is 86.7 Å². The van der Waals surface area contributed by atoms with Gasteiger partial charge in [0.15, 0.2) is 0 Å². The predicted octanol–water partition coefficient (Wildman–Crippen LogP) is 13.7. The number of aromatic amines is 1. The molecule has 0 bridgehead atoms. The number of hydrogen-bond donors (Lipinski definition) is 1. The highest BCUT2D eigenvalue weighted by molar-refractivity contribution is 7.22. The van der Waals surface area contributed by atoms with Crippen molar-refractivity contribution in [2.75, 3.05) is 0 Å². The van der Waals surface area contributed by atoms with Crippen LogP contribution < -0.4 is 0 Å². The minimum Gasteiger partial charge on any atom is -0.354 e. The topological polar surface area (TPSA) is 46.5 Å². The van der Waals surface area contributed by atoms with Gasteiger partial charge in [-0.3, -0.25) is 4.57 Å². The molecule has 0 aliphatic rings. The summed E-state index contributed by atoms with van der Waals surface area (Å²) >= 11 is 1.75. The number of hydrogen-bond acceptors (Lipinski definition) is 3. The van der Waals surface area contributed by atoms with Crippen molar-refractivity contribution in [1.29, 1.82) is 0 Å². The van der Waals surface area contributed by atoms with Gasteiger partial charge in [-0.05, 0) is 80.7 Å². The highest BCUT2D eigenvalue weighted by Crippen LogP contribution is 2.44. The van der Waals surface area contributed by atoms with E-state index in [1.54, 1.807) is 11.3 Å². The van der Waals surface area contributed by atoms with Crippen molar-refractivity contribution in [2.24, 2.45) is 0 Å². The van der Waals surface area contributed by atoms with Crippen molar-refractivity contribution in [2.45, 2.75) is 0 Å². The van der Waals surface area contributed by atoms with Gasteiger partial charge in [0.05, 0.1) is 26.9 Å². The average molecular weight is 719 g/mol. The Labute approximate surface area is 319 Å². The molecule has 0 saturated carbocycles. The number of nitrogens with zero attached hydrogens (tertiary/aromatic N) is 3. The fraction of sp³-hybridized carbons (Fsp3) is 0. The first-order valence-electron chi connectivity index (χ1n) is 18.6. The van der Waals surface area contributed by atoms with Gasteiger partial charge in [0.1, 0.15) is 0 Å². The third kappa shape index (κ3) is 4.64. The lowest BCUT2D eigenvalue weighted by molar-refractivity contribution is 1.02. The largest absolute Gasteiger partial charge is 0.354 e. The Balaban J connectivity index is 1.16. The van der Waals surface area contributed by atoms with E-state index in [1.807, 2.05) is 0 Å². The molecule has 4 heterocycles. The quantitative estimate of drug-likeness (QED) is 0.197. The maximum absolute atomic E-state index is 5.45. The maximum atomic E-state index is 5.45. The van der Waals surface area contributed by atoms with Gasteiger partial charge in [0, 0.05) is 43.0 Å². The summed E-state index contributed by atoms with van der Waals surface area (Å²) in [5, 5.41) is 9.74. The van der Waals surface area contributed by atoms with Crippen molar-refractivity contribution < 1.29 is 0 Å². The molecule has 0 radical (unpaired) electrons. The van der Waals surface area contributed by atoms with Crippen LogP contribution in [0.5, 0.6) is 0 Å². The fourth-order valence-corrected chi connectivity index (χ4v) is 9.71. The molecule has 12 aromatic rings. The minimum atomic E-state index is 0.662. The van der Waals surface area contributed by atoms with E-state index < -0.39 is 0 Å². The molecule has 4 nitrogen and oxygen atoms in total. The first-order chi connectivity index (χ1) is 27.2. The third-order valence-electron chi connectivity index (χ3n) is 11.1. The van der Waals surface area contributed by atoms with Crippen molar-refractivity contribution in [3.8, 4) is 38.8 Å². The molecule has 0 spiro atoms. The molecular weight excluding hydrogens is 689 g/mol. The summed E-state index contributed by atoms with van der Waals surface area (Å²) in [6.45, 7) is 0. The molecule has 0 unspecified atom stereocenters. The van der Waals surface area contributed by atoms with Gasteiger partial charge in [0.2, 0.25) is 5.95 Å². The summed E-state index contributed by atoms with van der Waals surface area (Å²) in [4.78, 5) is 15.7. The Bertz CT molecular complexity index is 3480. The minimum absolute atomic E-state index is 0.662. The Hall–Kier alpha value is -7.08. The molecule has 0 atom stereocenters. The average Bonchev–Trinajstić information content (AvgIpc) is 3.94. The van der Waals surface area contributed by atoms with Crippen LogP contribution in [0.3, 0.4) is 0 Å². The first-order valence-corrected chi connectivity index (χ1v) is 19.4. The molecule has 0 fully saturated rings. The molecule has 0 aliphatic carbocycles. The molecular formula is C50H30N4S. The summed E-state index contributed by atoms with van der Waals surface area (Å²) in [5.41, 5.74) is 10.9. The van der Waals surface area contributed by atoms with E-state index in [-0.39, 0.29) is 0 Å². The van der Waals surface area contributed by atoms with Crippen LogP contribution in [0.25, 0.3) is 114 Å². The number of rotatable bonds is 4. The Morgan fingerprint density at radius 2 is 1.16 bits per heavy atom. The van der Waals surface area contributed by atoms with E-state index in [1.165, 1.54) is 64.7 Å². The summed E-state index contributed by atoms with van der Waals surface area (Å²) in [6, 6.07) is 63.2. The van der Waals surface area contributed by atoms with Gasteiger partial charge in [-0.25, -0.2) is 9.97 Å². The van der Waals surface area contributed by atoms with Gasteiger partial charge in [-0.2, -0.15) is 0 Å². The zero-order chi connectivity index (χ0) is 36.0. The lowest BCUT2D eigenvalue weighted by Crippen LogP contribution is -2.02. The summed E-state index contributed by atoms with van der Waals surface area (Å²) < 4.78 is 3.36. The molecule has 256 valence electrons. The van der Waals surface area contributed by atoms with Gasteiger partial charge in [0.25, 0.3) is 0 Å². The van der Waals surface area contributed by atoms with Crippen LogP contribution in [0.1, 0.15) is 0 Å². The molecule has 4 aromatic heterocycles. The standard InChI is InChI=1S/C50H30N4S/c1-3-13-31(14-4-1)45-29-42-49(55-45)48(32-15-5-2-6-16-32)53-50(52-42)54-43-21-11-20-37(47(43)46-36-19-10-9-12-30(36)23-25-44(46)54)35-22-24-40-38(27-35)39-26-33-17-7-8-18-34(33)28-41(39)51-40/h1-29,51H. The normalized spacial score (nSPS) is 12.0. The van der Waals surface area contributed by atoms with Crippen molar-refractivity contribution in [3.05, 3.63) is 176 Å². The first kappa shape index (κ1) is 30.4. The third-order valence-corrected chi connectivity index (χ3v) is 12.3. The molecule has 1 N–H and O–H groups in total. The molecule has 12 rings (SSSR count). The molecule has 8 aromatic carbocycles. The number of fused-ring (bicyclic) bond motifs is 10. The van der Waals surface area contributed by atoms with Gasteiger partial charge >= 0.3 is 0 Å². The highest BCUT2D eigenvalue weighted by atomic mass is 32.1. The van der Waals surface area contributed by atoms with Crippen LogP contribution in [-0.4, -0.2) is 19.5 Å². The van der Waals surface area contributed by atoms with Gasteiger partial charge in [-0.1, -0.05) is 133 Å². The number of benzene rings is 8. The lowest BCUT2D eigenvalue weighted by Gasteiger charge is -2.10. The van der Waals surface area contributed by atoms with E-state index in [9.17, 15) is 0 Å². The summed E-state index contributed by atoms with van der Waals surface area (Å²) in [7, 11) is 0. The Morgan fingerprint density at radius 1 is 0.455 bits per heavy atom. The SMILES string of the molecule is c1ccc(-c2cc3nc(-n4c5cccc(-c6ccc7[nH]c8cc9ccccc9cc8c7c6)c5c5c6ccccc6ccc54)nc(-c4ccccc4)c3s2)cc1. The Kier molecular flexibility index (Phi) is 6.47. The van der Waals surface area contributed by atoms with Crippen LogP contribution >= 0.6 is 11.3 Å². The fourth-order valence-electron chi connectivity index (χ4n) is 8.59. The van der Waals surface area contributed by atoms with E-state index in [0.29, 0.717) is 5.95 Å².